The lowest BCUT2D eigenvalue weighted by molar-refractivity contribution is 0.0597. The predicted molar refractivity (Wildman–Crippen MR) is 90.7 cm³/mol. The first kappa shape index (κ1) is 17.1. The maximum atomic E-state index is 11.6. The number of methoxy groups -OCH3 is 2. The van der Waals surface area contributed by atoms with Gasteiger partial charge in [0.25, 0.3) is 0 Å². The highest BCUT2D eigenvalue weighted by molar-refractivity contribution is 5.92. The third kappa shape index (κ3) is 4.39. The van der Waals surface area contributed by atoms with Gasteiger partial charge in [0.15, 0.2) is 0 Å². The van der Waals surface area contributed by atoms with Gasteiger partial charge in [-0.3, -0.25) is 0 Å². The van der Waals surface area contributed by atoms with E-state index in [9.17, 15) is 4.79 Å². The molecule has 4 nitrogen and oxygen atoms in total. The van der Waals surface area contributed by atoms with Crippen LogP contribution in [0.3, 0.4) is 0 Å². The third-order valence-electron chi connectivity index (χ3n) is 3.15. The van der Waals surface area contributed by atoms with Crippen LogP contribution < -0.4 is 4.74 Å². The molecule has 0 heterocycles. The van der Waals surface area contributed by atoms with Crippen molar-refractivity contribution in [2.24, 2.45) is 0 Å². The molecule has 24 heavy (non-hydrogen) atoms. The molecule has 4 heteroatoms. The van der Waals surface area contributed by atoms with Crippen molar-refractivity contribution in [2.45, 2.75) is 0 Å². The molecule has 0 radical (unpaired) electrons. The van der Waals surface area contributed by atoms with E-state index in [1.54, 1.807) is 18.2 Å². The fourth-order valence-corrected chi connectivity index (χ4v) is 1.97. The number of carbonyl (C=O) groups excluding carboxylic acids is 1. The predicted octanol–water partition coefficient (Wildman–Crippen LogP) is 2.23. The zero-order valence-electron chi connectivity index (χ0n) is 13.4. The molecule has 0 fully saturated rings. The van der Waals surface area contributed by atoms with E-state index in [1.165, 1.54) is 14.2 Å². The summed E-state index contributed by atoms with van der Waals surface area (Å²) in [6, 6.07) is 12.5. The summed E-state index contributed by atoms with van der Waals surface area (Å²) in [6.07, 6.45) is 0. The van der Waals surface area contributed by atoms with Crippen molar-refractivity contribution in [3.05, 3.63) is 64.7 Å². The van der Waals surface area contributed by atoms with Gasteiger partial charge < -0.3 is 14.6 Å². The molecule has 0 aliphatic rings. The molecular weight excluding hydrogens is 304 g/mol. The van der Waals surface area contributed by atoms with Crippen molar-refractivity contribution in [3.8, 4) is 29.4 Å². The molecule has 0 aliphatic heterocycles. The zero-order valence-corrected chi connectivity index (χ0v) is 13.4. The average Bonchev–Trinajstić information content (AvgIpc) is 2.64. The minimum atomic E-state index is -0.453. The lowest BCUT2D eigenvalue weighted by atomic mass is 10.1. The Hall–Kier alpha value is -3.21. The Labute approximate surface area is 141 Å². The Kier molecular flexibility index (Phi) is 6.02. The van der Waals surface area contributed by atoms with Crippen LogP contribution in [0.1, 0.15) is 27.0 Å². The summed E-state index contributed by atoms with van der Waals surface area (Å²) in [5.41, 5.74) is 2.74. The molecule has 0 atom stereocenters. The van der Waals surface area contributed by atoms with Gasteiger partial charge in [0.05, 0.1) is 14.2 Å². The number of aliphatic hydroxyl groups excluding tert-OH is 1. The number of hydrogen-bond acceptors (Lipinski definition) is 4. The number of esters is 1. The second kappa shape index (κ2) is 8.43. The van der Waals surface area contributed by atoms with E-state index in [2.05, 4.69) is 23.7 Å². The Morgan fingerprint density at radius 1 is 0.958 bits per heavy atom. The molecule has 0 amide bonds. The molecule has 2 aromatic rings. The van der Waals surface area contributed by atoms with Gasteiger partial charge in [-0.05, 0) is 42.5 Å². The van der Waals surface area contributed by atoms with Crippen LogP contribution in [0.15, 0.2) is 42.5 Å². The SMILES string of the molecule is COC(=O)c1ccc(C#Cc2ccc(C#CCO)cc2)cc1OC. The number of aliphatic hydroxyl groups is 1. The number of ether oxygens (including phenoxy) is 2. The fourth-order valence-electron chi connectivity index (χ4n) is 1.97. The minimum absolute atomic E-state index is 0.162. The van der Waals surface area contributed by atoms with Crippen LogP contribution in [0, 0.1) is 23.7 Å². The summed E-state index contributed by atoms with van der Waals surface area (Å²) in [5, 5.41) is 8.67. The molecule has 0 spiro atoms. The molecule has 0 saturated carbocycles. The molecule has 0 saturated heterocycles. The summed E-state index contributed by atoms with van der Waals surface area (Å²) in [6.45, 7) is -0.162. The number of rotatable bonds is 2. The lowest BCUT2D eigenvalue weighted by Gasteiger charge is -2.06. The van der Waals surface area contributed by atoms with Crippen LogP contribution in [-0.4, -0.2) is 31.9 Å². The maximum Gasteiger partial charge on any atom is 0.341 e. The molecule has 2 aromatic carbocycles. The first-order chi connectivity index (χ1) is 11.7. The highest BCUT2D eigenvalue weighted by Gasteiger charge is 2.12. The van der Waals surface area contributed by atoms with Crippen molar-refractivity contribution in [1.82, 2.24) is 0 Å². The van der Waals surface area contributed by atoms with Gasteiger partial charge in [-0.2, -0.15) is 0 Å². The maximum absolute atomic E-state index is 11.6. The fraction of sp³-hybridized carbons (Fsp3) is 0.150. The van der Waals surface area contributed by atoms with E-state index in [0.717, 1.165) is 16.7 Å². The Bertz CT molecular complexity index is 843. The Balaban J connectivity index is 2.23. The van der Waals surface area contributed by atoms with Gasteiger partial charge in [-0.25, -0.2) is 4.79 Å². The molecular formula is C20H16O4. The van der Waals surface area contributed by atoms with Crippen molar-refractivity contribution in [1.29, 1.82) is 0 Å². The van der Waals surface area contributed by atoms with Gasteiger partial charge in [-0.1, -0.05) is 23.7 Å². The molecule has 120 valence electrons. The van der Waals surface area contributed by atoms with Crippen LogP contribution in [0.5, 0.6) is 5.75 Å². The smallest absolute Gasteiger partial charge is 0.341 e. The standard InChI is InChI=1S/C20H16O4/c1-23-19-14-17(11-12-18(19)20(22)24-2)10-9-16-7-5-15(6-8-16)4-3-13-21/h5-8,11-12,14,21H,13H2,1-2H3. The van der Waals surface area contributed by atoms with Gasteiger partial charge in [0.2, 0.25) is 0 Å². The average molecular weight is 320 g/mol. The molecule has 0 aromatic heterocycles. The van der Waals surface area contributed by atoms with Crippen molar-refractivity contribution < 1.29 is 19.4 Å². The summed E-state index contributed by atoms with van der Waals surface area (Å²) in [7, 11) is 2.81. The second-order valence-corrected chi connectivity index (χ2v) is 4.69. The van der Waals surface area contributed by atoms with Crippen molar-refractivity contribution in [3.63, 3.8) is 0 Å². The summed E-state index contributed by atoms with van der Waals surface area (Å²) >= 11 is 0. The van der Waals surface area contributed by atoms with E-state index in [0.29, 0.717) is 11.3 Å². The van der Waals surface area contributed by atoms with E-state index in [4.69, 9.17) is 14.6 Å². The van der Waals surface area contributed by atoms with E-state index < -0.39 is 5.97 Å². The van der Waals surface area contributed by atoms with E-state index in [-0.39, 0.29) is 6.61 Å². The molecule has 0 unspecified atom stereocenters. The highest BCUT2D eigenvalue weighted by atomic mass is 16.5. The number of benzene rings is 2. The van der Waals surface area contributed by atoms with Crippen molar-refractivity contribution in [2.75, 3.05) is 20.8 Å². The molecule has 0 aliphatic carbocycles. The molecule has 2 rings (SSSR count). The summed E-state index contributed by atoms with van der Waals surface area (Å²) in [4.78, 5) is 11.6. The first-order valence-electron chi connectivity index (χ1n) is 7.16. The quantitative estimate of drug-likeness (QED) is 0.681. The third-order valence-corrected chi connectivity index (χ3v) is 3.15. The van der Waals surface area contributed by atoms with Crippen LogP contribution in [0.25, 0.3) is 0 Å². The van der Waals surface area contributed by atoms with E-state index >= 15 is 0 Å². The monoisotopic (exact) mass is 320 g/mol. The van der Waals surface area contributed by atoms with Crippen LogP contribution >= 0.6 is 0 Å². The lowest BCUT2D eigenvalue weighted by Crippen LogP contribution is -2.04. The Morgan fingerprint density at radius 2 is 1.54 bits per heavy atom. The van der Waals surface area contributed by atoms with E-state index in [1.807, 2.05) is 24.3 Å². The summed E-state index contributed by atoms with van der Waals surface area (Å²) < 4.78 is 9.92. The van der Waals surface area contributed by atoms with Gasteiger partial charge in [0, 0.05) is 16.7 Å². The summed E-state index contributed by atoms with van der Waals surface area (Å²) in [5.74, 6) is 11.4. The van der Waals surface area contributed by atoms with Gasteiger partial charge in [0.1, 0.15) is 17.9 Å². The van der Waals surface area contributed by atoms with Crippen molar-refractivity contribution >= 4 is 5.97 Å². The Morgan fingerprint density at radius 3 is 2.12 bits per heavy atom. The second-order valence-electron chi connectivity index (χ2n) is 4.69. The van der Waals surface area contributed by atoms with Gasteiger partial charge in [-0.15, -0.1) is 0 Å². The zero-order chi connectivity index (χ0) is 17.4. The van der Waals surface area contributed by atoms with Crippen LogP contribution in [0.4, 0.5) is 0 Å². The largest absolute Gasteiger partial charge is 0.496 e. The topological polar surface area (TPSA) is 55.8 Å². The first-order valence-corrected chi connectivity index (χ1v) is 7.16. The molecule has 0 bridgehead atoms. The minimum Gasteiger partial charge on any atom is -0.496 e. The van der Waals surface area contributed by atoms with Crippen LogP contribution in [-0.2, 0) is 4.74 Å². The number of hydrogen-bond donors (Lipinski definition) is 1. The highest BCUT2D eigenvalue weighted by Crippen LogP contribution is 2.20. The van der Waals surface area contributed by atoms with Gasteiger partial charge >= 0.3 is 5.97 Å². The number of carbonyl (C=O) groups is 1. The van der Waals surface area contributed by atoms with Crippen LogP contribution in [0.2, 0.25) is 0 Å². The normalized spacial score (nSPS) is 9.12. The molecule has 1 N–H and O–H groups in total.